The average molecular weight is 671 g/mol. The molecule has 1 heterocycles. The van der Waals surface area contributed by atoms with Gasteiger partial charge in [-0.15, -0.1) is 0 Å². The van der Waals surface area contributed by atoms with Gasteiger partial charge in [0, 0.05) is 0 Å². The summed E-state index contributed by atoms with van der Waals surface area (Å²) in [6.07, 6.45) is 2.59. The maximum atomic E-state index is 13.7. The van der Waals surface area contributed by atoms with Crippen LogP contribution in [0.2, 0.25) is 0 Å². The van der Waals surface area contributed by atoms with Gasteiger partial charge in [0.05, 0.1) is 23.0 Å². The lowest BCUT2D eigenvalue weighted by Crippen LogP contribution is -2.35. The SMILES string of the molecule is CCOc1cc(/C=C2/C(=O)N(c3ccc(CC)cc3)C(=S)N2CC(=O)OC)cc(I)c1OCc1ccc(C)cc1. The lowest BCUT2D eigenvalue weighted by Gasteiger charge is -2.19. The average Bonchev–Trinajstić information content (AvgIpc) is 3.17. The predicted molar refractivity (Wildman–Crippen MR) is 168 cm³/mol. The fourth-order valence-corrected chi connectivity index (χ4v) is 5.34. The van der Waals surface area contributed by atoms with Crippen molar-refractivity contribution in [2.24, 2.45) is 0 Å². The molecule has 40 heavy (non-hydrogen) atoms. The molecule has 208 valence electrons. The maximum absolute atomic E-state index is 13.7. The van der Waals surface area contributed by atoms with Crippen LogP contribution in [0.25, 0.3) is 6.08 Å². The van der Waals surface area contributed by atoms with Gasteiger partial charge in [-0.2, -0.15) is 0 Å². The molecule has 0 bridgehead atoms. The van der Waals surface area contributed by atoms with Gasteiger partial charge in [0.2, 0.25) is 0 Å². The van der Waals surface area contributed by atoms with Gasteiger partial charge in [-0.05, 0) is 102 Å². The van der Waals surface area contributed by atoms with Crippen molar-refractivity contribution in [2.75, 3.05) is 25.2 Å². The number of amides is 1. The van der Waals surface area contributed by atoms with Crippen LogP contribution in [0.5, 0.6) is 11.5 Å². The second-order valence-corrected chi connectivity index (χ2v) is 10.7. The van der Waals surface area contributed by atoms with E-state index in [1.807, 2.05) is 74.5 Å². The Morgan fingerprint density at radius 2 is 1.68 bits per heavy atom. The Morgan fingerprint density at radius 1 is 1.00 bits per heavy atom. The molecule has 0 atom stereocenters. The molecule has 1 aliphatic rings. The van der Waals surface area contributed by atoms with E-state index in [4.69, 9.17) is 26.4 Å². The van der Waals surface area contributed by atoms with E-state index < -0.39 is 5.97 Å². The first-order valence-corrected chi connectivity index (χ1v) is 14.4. The van der Waals surface area contributed by atoms with Crippen molar-refractivity contribution in [3.05, 3.63) is 92.2 Å². The molecule has 0 saturated carbocycles. The van der Waals surface area contributed by atoms with Crippen LogP contribution in [0.3, 0.4) is 0 Å². The number of hydrogen-bond acceptors (Lipinski definition) is 6. The minimum atomic E-state index is -0.506. The van der Waals surface area contributed by atoms with E-state index in [-0.39, 0.29) is 23.3 Å². The van der Waals surface area contributed by atoms with Gasteiger partial charge in [0.1, 0.15) is 18.8 Å². The molecular weight excluding hydrogens is 639 g/mol. The summed E-state index contributed by atoms with van der Waals surface area (Å²) in [5.41, 5.74) is 4.98. The highest BCUT2D eigenvalue weighted by Crippen LogP contribution is 2.37. The van der Waals surface area contributed by atoms with E-state index in [0.717, 1.165) is 21.1 Å². The minimum Gasteiger partial charge on any atom is -0.490 e. The molecule has 1 amide bonds. The molecule has 0 spiro atoms. The first-order chi connectivity index (χ1) is 19.2. The predicted octanol–water partition coefficient (Wildman–Crippen LogP) is 6.29. The number of aryl methyl sites for hydroxylation is 2. The molecule has 4 rings (SSSR count). The number of rotatable bonds is 10. The number of anilines is 1. The van der Waals surface area contributed by atoms with Crippen molar-refractivity contribution in [3.8, 4) is 11.5 Å². The Morgan fingerprint density at radius 3 is 2.30 bits per heavy atom. The molecule has 0 aromatic heterocycles. The summed E-state index contributed by atoms with van der Waals surface area (Å²) in [6.45, 7) is 6.65. The summed E-state index contributed by atoms with van der Waals surface area (Å²) in [5, 5.41) is 0.212. The maximum Gasteiger partial charge on any atom is 0.325 e. The third-order valence-corrected chi connectivity index (χ3v) is 7.60. The highest BCUT2D eigenvalue weighted by Gasteiger charge is 2.40. The van der Waals surface area contributed by atoms with Crippen molar-refractivity contribution in [2.45, 2.75) is 33.8 Å². The first-order valence-electron chi connectivity index (χ1n) is 12.9. The zero-order valence-electron chi connectivity index (χ0n) is 22.9. The molecule has 0 unspecified atom stereocenters. The van der Waals surface area contributed by atoms with Crippen molar-refractivity contribution >= 4 is 63.6 Å². The largest absolute Gasteiger partial charge is 0.490 e. The summed E-state index contributed by atoms with van der Waals surface area (Å²) in [5.74, 6) is 0.356. The molecule has 9 heteroatoms. The quantitative estimate of drug-likeness (QED) is 0.109. The third-order valence-electron chi connectivity index (χ3n) is 6.39. The molecule has 1 fully saturated rings. The minimum absolute atomic E-state index is 0.191. The standard InChI is InChI=1S/C31H31IN2O5S/c1-5-21-11-13-24(14-12-21)34-30(36)26(33(31(34)40)18-28(35)37-4)16-23-15-25(32)29(27(17-23)38-6-2)39-19-22-9-7-20(3)8-10-22/h7-17H,5-6,18-19H2,1-4H3/b26-16-. The van der Waals surface area contributed by atoms with Gasteiger partial charge < -0.3 is 19.1 Å². The third kappa shape index (κ3) is 6.64. The number of hydrogen-bond donors (Lipinski definition) is 0. The van der Waals surface area contributed by atoms with E-state index in [2.05, 4.69) is 29.5 Å². The lowest BCUT2D eigenvalue weighted by molar-refractivity contribution is -0.140. The summed E-state index contributed by atoms with van der Waals surface area (Å²) in [6, 6.07) is 19.5. The Kier molecular flexibility index (Phi) is 9.80. The van der Waals surface area contributed by atoms with Crippen LogP contribution in [0.1, 0.15) is 36.1 Å². The fraction of sp³-hybridized carbons (Fsp3) is 0.258. The number of thiocarbonyl (C=S) groups is 1. The van der Waals surface area contributed by atoms with Crippen LogP contribution in [0.15, 0.2) is 66.4 Å². The number of carbonyl (C=O) groups is 2. The first kappa shape index (κ1) is 29.5. The topological polar surface area (TPSA) is 68.3 Å². The zero-order valence-corrected chi connectivity index (χ0v) is 25.9. The van der Waals surface area contributed by atoms with E-state index in [1.54, 1.807) is 6.08 Å². The van der Waals surface area contributed by atoms with Gasteiger partial charge >= 0.3 is 5.97 Å². The highest BCUT2D eigenvalue weighted by molar-refractivity contribution is 14.1. The monoisotopic (exact) mass is 670 g/mol. The van der Waals surface area contributed by atoms with Gasteiger partial charge in [0.15, 0.2) is 16.6 Å². The van der Waals surface area contributed by atoms with Crippen molar-refractivity contribution in [1.29, 1.82) is 0 Å². The number of carbonyl (C=O) groups excluding carboxylic acids is 2. The van der Waals surface area contributed by atoms with E-state index in [0.29, 0.717) is 36.0 Å². The molecule has 3 aromatic carbocycles. The molecule has 0 N–H and O–H groups in total. The van der Waals surface area contributed by atoms with Crippen LogP contribution in [0, 0.1) is 10.5 Å². The van der Waals surface area contributed by atoms with Crippen LogP contribution < -0.4 is 14.4 Å². The van der Waals surface area contributed by atoms with Gasteiger partial charge in [-0.25, -0.2) is 0 Å². The number of halogens is 1. The van der Waals surface area contributed by atoms with Crippen LogP contribution in [-0.2, 0) is 27.4 Å². The summed E-state index contributed by atoms with van der Waals surface area (Å²) in [7, 11) is 1.31. The number of nitrogens with zero attached hydrogens (tertiary/aromatic N) is 2. The fourth-order valence-electron chi connectivity index (χ4n) is 4.21. The van der Waals surface area contributed by atoms with Crippen molar-refractivity contribution in [3.63, 3.8) is 0 Å². The molecule has 7 nitrogen and oxygen atoms in total. The number of ether oxygens (including phenoxy) is 3. The Labute approximate surface area is 253 Å². The lowest BCUT2D eigenvalue weighted by atomic mass is 10.1. The molecular formula is C31H31IN2O5S. The van der Waals surface area contributed by atoms with Gasteiger partial charge in [-0.1, -0.05) is 48.9 Å². The van der Waals surface area contributed by atoms with Crippen molar-refractivity contribution in [1.82, 2.24) is 4.90 Å². The van der Waals surface area contributed by atoms with Gasteiger partial charge in [0.25, 0.3) is 5.91 Å². The summed E-state index contributed by atoms with van der Waals surface area (Å²) < 4.78 is 17.8. The Bertz CT molecular complexity index is 1440. The van der Waals surface area contributed by atoms with E-state index >= 15 is 0 Å². The van der Waals surface area contributed by atoms with Crippen LogP contribution in [-0.4, -0.2) is 42.2 Å². The molecule has 1 saturated heterocycles. The van der Waals surface area contributed by atoms with Crippen LogP contribution >= 0.6 is 34.8 Å². The van der Waals surface area contributed by atoms with Gasteiger partial charge in [-0.3, -0.25) is 14.5 Å². The molecule has 3 aromatic rings. The summed E-state index contributed by atoms with van der Waals surface area (Å²) in [4.78, 5) is 28.9. The number of methoxy groups -OCH3 is 1. The Balaban J connectivity index is 1.70. The number of esters is 1. The molecule has 0 radical (unpaired) electrons. The van der Waals surface area contributed by atoms with E-state index in [1.165, 1.54) is 22.5 Å². The normalized spacial score (nSPS) is 14.2. The molecule has 1 aliphatic heterocycles. The van der Waals surface area contributed by atoms with E-state index in [9.17, 15) is 9.59 Å². The number of benzene rings is 3. The Hall–Kier alpha value is -3.44. The smallest absolute Gasteiger partial charge is 0.325 e. The van der Waals surface area contributed by atoms with Crippen molar-refractivity contribution < 1.29 is 23.8 Å². The highest BCUT2D eigenvalue weighted by atomic mass is 127. The second-order valence-electron chi connectivity index (χ2n) is 9.17. The van der Waals surface area contributed by atoms with Crippen LogP contribution in [0.4, 0.5) is 5.69 Å². The second kappa shape index (κ2) is 13.3. The molecule has 0 aliphatic carbocycles. The summed E-state index contributed by atoms with van der Waals surface area (Å²) >= 11 is 7.88. The zero-order chi connectivity index (χ0) is 28.8.